The van der Waals surface area contributed by atoms with Gasteiger partial charge in [-0.1, -0.05) is 12.1 Å². The zero-order valence-corrected chi connectivity index (χ0v) is 10.6. The number of rotatable bonds is 4. The second kappa shape index (κ2) is 5.19. The molecule has 0 fully saturated rings. The Kier molecular flexibility index (Phi) is 4.12. The highest BCUT2D eigenvalue weighted by Crippen LogP contribution is 2.21. The molecule has 0 aliphatic heterocycles. The van der Waals surface area contributed by atoms with Crippen LogP contribution in [-0.4, -0.2) is 11.5 Å². The lowest BCUT2D eigenvalue weighted by Crippen LogP contribution is -2.23. The first-order chi connectivity index (χ1) is 7.78. The first kappa shape index (κ1) is 13.5. The van der Waals surface area contributed by atoms with Crippen molar-refractivity contribution in [1.82, 2.24) is 0 Å². The van der Waals surface area contributed by atoms with Gasteiger partial charge in [-0.25, -0.2) is 0 Å². The van der Waals surface area contributed by atoms with Gasteiger partial charge in [0.15, 0.2) is 0 Å². The molecule has 4 nitrogen and oxygen atoms in total. The Morgan fingerprint density at radius 2 is 1.82 bits per heavy atom. The zero-order chi connectivity index (χ0) is 13.1. The smallest absolute Gasteiger partial charge is 0.219 e. The number of amides is 1. The van der Waals surface area contributed by atoms with Gasteiger partial charge in [-0.2, -0.15) is 0 Å². The number of hydrogen-bond donors (Lipinski definition) is 2. The van der Waals surface area contributed by atoms with Gasteiger partial charge < -0.3 is 16.2 Å². The van der Waals surface area contributed by atoms with Crippen LogP contribution in [0.2, 0.25) is 0 Å². The van der Waals surface area contributed by atoms with Crippen molar-refractivity contribution in [3.63, 3.8) is 0 Å². The van der Waals surface area contributed by atoms with Gasteiger partial charge in [0, 0.05) is 12.5 Å². The van der Waals surface area contributed by atoms with E-state index in [1.807, 2.05) is 45.0 Å². The van der Waals surface area contributed by atoms with Crippen molar-refractivity contribution in [3.8, 4) is 5.75 Å². The topological polar surface area (TPSA) is 78.3 Å². The molecule has 0 radical (unpaired) electrons. The van der Waals surface area contributed by atoms with Crippen molar-refractivity contribution in [2.24, 2.45) is 11.5 Å². The second-order valence-electron chi connectivity index (χ2n) is 5.06. The van der Waals surface area contributed by atoms with E-state index < -0.39 is 5.91 Å². The maximum atomic E-state index is 10.8. The van der Waals surface area contributed by atoms with Crippen LogP contribution in [0.25, 0.3) is 0 Å². The van der Waals surface area contributed by atoms with E-state index in [0.29, 0.717) is 0 Å². The van der Waals surface area contributed by atoms with Crippen LogP contribution in [0, 0.1) is 0 Å². The Morgan fingerprint density at radius 3 is 2.24 bits per heavy atom. The second-order valence-corrected chi connectivity index (χ2v) is 5.06. The number of primary amides is 1. The van der Waals surface area contributed by atoms with Crippen LogP contribution in [-0.2, 0) is 4.79 Å². The summed E-state index contributed by atoms with van der Waals surface area (Å²) in [6.45, 7) is 5.96. The molecule has 0 saturated carbocycles. The molecule has 94 valence electrons. The fourth-order valence-corrected chi connectivity index (χ4v) is 1.47. The van der Waals surface area contributed by atoms with E-state index in [9.17, 15) is 4.79 Å². The summed E-state index contributed by atoms with van der Waals surface area (Å²) in [6, 6.07) is 7.06. The first-order valence-electron chi connectivity index (χ1n) is 5.61. The van der Waals surface area contributed by atoms with E-state index in [4.69, 9.17) is 16.2 Å². The summed E-state index contributed by atoms with van der Waals surface area (Å²) in [7, 11) is 0. The number of carbonyl (C=O) groups excluding carboxylic acids is 1. The predicted molar refractivity (Wildman–Crippen MR) is 67.6 cm³/mol. The summed E-state index contributed by atoms with van der Waals surface area (Å²) < 4.78 is 5.69. The molecule has 17 heavy (non-hydrogen) atoms. The van der Waals surface area contributed by atoms with Crippen LogP contribution in [0.3, 0.4) is 0 Å². The summed E-state index contributed by atoms with van der Waals surface area (Å²) >= 11 is 0. The average Bonchev–Trinajstić information content (AvgIpc) is 2.15. The third-order valence-corrected chi connectivity index (χ3v) is 2.15. The van der Waals surface area contributed by atoms with Gasteiger partial charge in [0.1, 0.15) is 11.4 Å². The van der Waals surface area contributed by atoms with Gasteiger partial charge in [-0.15, -0.1) is 0 Å². The Balaban J connectivity index is 2.71. The van der Waals surface area contributed by atoms with Crippen LogP contribution < -0.4 is 16.2 Å². The van der Waals surface area contributed by atoms with Crippen LogP contribution >= 0.6 is 0 Å². The maximum Gasteiger partial charge on any atom is 0.219 e. The van der Waals surface area contributed by atoms with Crippen LogP contribution in [0.1, 0.15) is 38.8 Å². The van der Waals surface area contributed by atoms with E-state index in [-0.39, 0.29) is 18.1 Å². The van der Waals surface area contributed by atoms with Gasteiger partial charge in [0.25, 0.3) is 0 Å². The molecule has 1 aromatic carbocycles. The molecule has 0 aliphatic carbocycles. The van der Waals surface area contributed by atoms with Crippen molar-refractivity contribution in [2.75, 3.05) is 0 Å². The summed E-state index contributed by atoms with van der Waals surface area (Å²) in [4.78, 5) is 10.8. The normalized spacial score (nSPS) is 13.2. The monoisotopic (exact) mass is 236 g/mol. The maximum absolute atomic E-state index is 10.8. The standard InChI is InChI=1S/C13H20N2O2/c1-13(2,3)17-10-6-4-9(5-7-10)11(14)8-12(15)16/h4-7,11H,8,14H2,1-3H3,(H2,15,16). The largest absolute Gasteiger partial charge is 0.488 e. The Labute approximate surface area is 102 Å². The number of ether oxygens (including phenoxy) is 1. The number of benzene rings is 1. The molecule has 0 aliphatic rings. The lowest BCUT2D eigenvalue weighted by molar-refractivity contribution is -0.118. The number of hydrogen-bond acceptors (Lipinski definition) is 3. The Morgan fingerprint density at radius 1 is 1.29 bits per heavy atom. The molecular weight excluding hydrogens is 216 g/mol. The summed E-state index contributed by atoms with van der Waals surface area (Å²) in [6.07, 6.45) is 0.152. The van der Waals surface area contributed by atoms with Crippen molar-refractivity contribution in [1.29, 1.82) is 0 Å². The molecule has 1 aromatic rings. The third-order valence-electron chi connectivity index (χ3n) is 2.15. The molecule has 4 N–H and O–H groups in total. The van der Waals surface area contributed by atoms with Crippen molar-refractivity contribution < 1.29 is 9.53 Å². The molecule has 4 heteroatoms. The van der Waals surface area contributed by atoms with Gasteiger partial charge in [0.2, 0.25) is 5.91 Å². The quantitative estimate of drug-likeness (QED) is 0.835. The zero-order valence-electron chi connectivity index (χ0n) is 10.6. The minimum atomic E-state index is -0.396. The van der Waals surface area contributed by atoms with Crippen molar-refractivity contribution in [2.45, 2.75) is 38.8 Å². The molecular formula is C13H20N2O2. The predicted octanol–water partition coefficient (Wildman–Crippen LogP) is 1.74. The van der Waals surface area contributed by atoms with Crippen molar-refractivity contribution >= 4 is 5.91 Å². The van der Waals surface area contributed by atoms with E-state index in [2.05, 4.69) is 0 Å². The first-order valence-corrected chi connectivity index (χ1v) is 5.61. The highest BCUT2D eigenvalue weighted by Gasteiger charge is 2.13. The summed E-state index contributed by atoms with van der Waals surface area (Å²) in [5, 5.41) is 0. The SMILES string of the molecule is CC(C)(C)Oc1ccc(C(N)CC(N)=O)cc1. The van der Waals surface area contributed by atoms with Crippen LogP contribution in [0.15, 0.2) is 24.3 Å². The van der Waals surface area contributed by atoms with E-state index in [1.54, 1.807) is 0 Å². The molecule has 0 aromatic heterocycles. The van der Waals surface area contributed by atoms with Crippen LogP contribution in [0.5, 0.6) is 5.75 Å². The number of nitrogens with two attached hydrogens (primary N) is 2. The van der Waals surface area contributed by atoms with Gasteiger partial charge in [0.05, 0.1) is 0 Å². The number of carbonyl (C=O) groups is 1. The minimum absolute atomic E-state index is 0.152. The van der Waals surface area contributed by atoms with Gasteiger partial charge in [-0.3, -0.25) is 4.79 Å². The van der Waals surface area contributed by atoms with Crippen LogP contribution in [0.4, 0.5) is 0 Å². The highest BCUT2D eigenvalue weighted by molar-refractivity contribution is 5.74. The molecule has 0 heterocycles. The molecule has 1 atom stereocenters. The average molecular weight is 236 g/mol. The van der Waals surface area contributed by atoms with Crippen molar-refractivity contribution in [3.05, 3.63) is 29.8 Å². The lowest BCUT2D eigenvalue weighted by atomic mass is 10.0. The molecule has 1 rings (SSSR count). The van der Waals surface area contributed by atoms with E-state index >= 15 is 0 Å². The molecule has 0 spiro atoms. The van der Waals surface area contributed by atoms with Gasteiger partial charge >= 0.3 is 0 Å². The van der Waals surface area contributed by atoms with E-state index in [0.717, 1.165) is 11.3 Å². The molecule has 1 unspecified atom stereocenters. The molecule has 1 amide bonds. The fraction of sp³-hybridized carbons (Fsp3) is 0.462. The highest BCUT2D eigenvalue weighted by atomic mass is 16.5. The summed E-state index contributed by atoms with van der Waals surface area (Å²) in [5.74, 6) is 0.389. The van der Waals surface area contributed by atoms with Gasteiger partial charge in [-0.05, 0) is 38.5 Å². The fourth-order valence-electron chi connectivity index (χ4n) is 1.47. The summed E-state index contributed by atoms with van der Waals surface area (Å²) in [5.41, 5.74) is 11.6. The Bertz CT molecular complexity index is 379. The molecule has 0 bridgehead atoms. The Hall–Kier alpha value is -1.55. The third kappa shape index (κ3) is 4.87. The lowest BCUT2D eigenvalue weighted by Gasteiger charge is -2.21. The molecule has 0 saturated heterocycles. The van der Waals surface area contributed by atoms with E-state index in [1.165, 1.54) is 0 Å². The minimum Gasteiger partial charge on any atom is -0.488 e.